The van der Waals surface area contributed by atoms with Crippen LogP contribution in [0.5, 0.6) is 0 Å². The van der Waals surface area contributed by atoms with Gasteiger partial charge in [0.25, 0.3) is 5.91 Å². The minimum Gasteiger partial charge on any atom is -0.341 e. The van der Waals surface area contributed by atoms with Crippen molar-refractivity contribution >= 4 is 17.7 Å². The number of nitrogens with one attached hydrogen (secondary N) is 1. The molecule has 2 saturated heterocycles. The Morgan fingerprint density at radius 1 is 1.25 bits per heavy atom. The van der Waals surface area contributed by atoms with Crippen LogP contribution < -0.4 is 5.48 Å². The Labute approximate surface area is 141 Å². The normalized spacial score (nSPS) is 22.7. The van der Waals surface area contributed by atoms with E-state index in [1.807, 2.05) is 6.92 Å². The summed E-state index contributed by atoms with van der Waals surface area (Å²) >= 11 is 0. The molecule has 0 bridgehead atoms. The van der Waals surface area contributed by atoms with Crippen molar-refractivity contribution in [1.29, 1.82) is 0 Å². The summed E-state index contributed by atoms with van der Waals surface area (Å²) < 4.78 is 14.3. The monoisotopic (exact) mass is 343 g/mol. The van der Waals surface area contributed by atoms with E-state index in [0.29, 0.717) is 38.9 Å². The van der Waals surface area contributed by atoms with Crippen molar-refractivity contribution in [2.24, 2.45) is 5.92 Å². The van der Waals surface area contributed by atoms with Crippen molar-refractivity contribution in [1.82, 2.24) is 15.3 Å². The van der Waals surface area contributed by atoms with Gasteiger partial charge in [0.05, 0.1) is 5.92 Å². The van der Waals surface area contributed by atoms with Gasteiger partial charge in [0, 0.05) is 19.6 Å². The number of hydrogen-bond acceptors (Lipinski definition) is 4. The highest BCUT2D eigenvalue weighted by atomic mass is 19.1. The van der Waals surface area contributed by atoms with Crippen molar-refractivity contribution in [2.75, 3.05) is 19.6 Å². The van der Waals surface area contributed by atoms with Gasteiger partial charge in [-0.2, -0.15) is 0 Å². The Bertz CT molecular complexity index is 484. The summed E-state index contributed by atoms with van der Waals surface area (Å²) in [4.78, 5) is 39.8. The van der Waals surface area contributed by atoms with Gasteiger partial charge in [-0.15, -0.1) is 0 Å². The first kappa shape index (κ1) is 18.6. The zero-order valence-electron chi connectivity index (χ0n) is 14.0. The number of hydroxylamine groups is 1. The molecule has 3 amide bonds. The van der Waals surface area contributed by atoms with Crippen molar-refractivity contribution < 1.29 is 24.0 Å². The van der Waals surface area contributed by atoms with Crippen LogP contribution >= 0.6 is 0 Å². The number of carbonyl (C=O) groups excluding carboxylic acids is 3. The van der Waals surface area contributed by atoms with E-state index < -0.39 is 29.9 Å². The molecular weight excluding hydrogens is 317 g/mol. The fourth-order valence-corrected chi connectivity index (χ4v) is 3.31. The smallest absolute Gasteiger partial charge is 0.278 e. The molecule has 0 spiro atoms. The van der Waals surface area contributed by atoms with Crippen LogP contribution in [0.25, 0.3) is 0 Å². The van der Waals surface area contributed by atoms with Crippen LogP contribution in [0, 0.1) is 5.92 Å². The van der Waals surface area contributed by atoms with Crippen LogP contribution in [0.3, 0.4) is 0 Å². The molecule has 3 atom stereocenters. The van der Waals surface area contributed by atoms with Crippen LogP contribution in [0.4, 0.5) is 4.39 Å². The Kier molecular flexibility index (Phi) is 6.53. The first-order chi connectivity index (χ1) is 11.5. The van der Waals surface area contributed by atoms with Gasteiger partial charge in [0.15, 0.2) is 6.17 Å². The highest BCUT2D eigenvalue weighted by molar-refractivity contribution is 5.92. The van der Waals surface area contributed by atoms with Crippen LogP contribution in [0.15, 0.2) is 0 Å². The van der Waals surface area contributed by atoms with Gasteiger partial charge in [0.2, 0.25) is 11.8 Å². The lowest BCUT2D eigenvalue weighted by atomic mass is 9.94. The number of likely N-dealkylation sites (tertiary alicyclic amines) is 2. The number of halogens is 1. The SMILES string of the molecule is CCCCC(C(=O)N1CCCC1C(=O)N1CCC1)C(F)C(=O)NO. The van der Waals surface area contributed by atoms with E-state index >= 15 is 0 Å². The van der Waals surface area contributed by atoms with E-state index in [1.165, 1.54) is 10.4 Å². The molecule has 0 aromatic carbocycles. The second kappa shape index (κ2) is 8.41. The molecule has 2 heterocycles. The summed E-state index contributed by atoms with van der Waals surface area (Å²) in [7, 11) is 0. The predicted molar refractivity (Wildman–Crippen MR) is 83.8 cm³/mol. The van der Waals surface area contributed by atoms with E-state index in [4.69, 9.17) is 5.21 Å². The number of unbranched alkanes of at least 4 members (excludes halogenated alkanes) is 1. The fourth-order valence-electron chi connectivity index (χ4n) is 3.31. The molecule has 136 valence electrons. The molecule has 2 fully saturated rings. The molecule has 0 aromatic heterocycles. The quantitative estimate of drug-likeness (QED) is 0.530. The van der Waals surface area contributed by atoms with Crippen molar-refractivity contribution in [3.05, 3.63) is 0 Å². The first-order valence-corrected chi connectivity index (χ1v) is 8.68. The van der Waals surface area contributed by atoms with Crippen molar-refractivity contribution in [2.45, 2.75) is 57.7 Å². The molecule has 7 nitrogen and oxygen atoms in total. The standard InChI is InChI=1S/C16H26FN3O4/c1-2-3-6-11(13(17)14(21)18-24)15(22)20-10-4-7-12(20)16(23)19-8-5-9-19/h11-13,24H,2-10H2,1H3,(H,18,21). The highest BCUT2D eigenvalue weighted by Gasteiger charge is 2.43. The molecule has 0 aromatic rings. The molecule has 0 saturated carbocycles. The summed E-state index contributed by atoms with van der Waals surface area (Å²) in [6.07, 6.45) is 1.68. The lowest BCUT2D eigenvalue weighted by Crippen LogP contribution is -2.54. The largest absolute Gasteiger partial charge is 0.341 e. The van der Waals surface area contributed by atoms with E-state index in [1.54, 1.807) is 4.90 Å². The predicted octanol–water partition coefficient (Wildman–Crippen LogP) is 0.860. The molecular formula is C16H26FN3O4. The fraction of sp³-hybridized carbons (Fsp3) is 0.812. The van der Waals surface area contributed by atoms with Crippen molar-refractivity contribution in [3.63, 3.8) is 0 Å². The Morgan fingerprint density at radius 3 is 2.50 bits per heavy atom. The topological polar surface area (TPSA) is 90.0 Å². The molecule has 3 unspecified atom stereocenters. The van der Waals surface area contributed by atoms with E-state index in [0.717, 1.165) is 12.8 Å². The van der Waals surface area contributed by atoms with Crippen LogP contribution in [0.1, 0.15) is 45.4 Å². The minimum atomic E-state index is -2.12. The molecule has 24 heavy (non-hydrogen) atoms. The number of nitrogens with zero attached hydrogens (tertiary/aromatic N) is 2. The molecule has 8 heteroatoms. The summed E-state index contributed by atoms with van der Waals surface area (Å²) in [6.45, 7) is 3.72. The Morgan fingerprint density at radius 2 is 1.96 bits per heavy atom. The van der Waals surface area contributed by atoms with Crippen LogP contribution in [0.2, 0.25) is 0 Å². The summed E-state index contributed by atoms with van der Waals surface area (Å²) in [5.74, 6) is -2.96. The van der Waals surface area contributed by atoms with Gasteiger partial charge < -0.3 is 9.80 Å². The average molecular weight is 343 g/mol. The number of hydrogen-bond donors (Lipinski definition) is 2. The van der Waals surface area contributed by atoms with Gasteiger partial charge in [-0.1, -0.05) is 19.8 Å². The number of carbonyl (C=O) groups is 3. The third kappa shape index (κ3) is 3.85. The maximum absolute atomic E-state index is 14.3. The molecule has 2 N–H and O–H groups in total. The molecule has 2 aliphatic rings. The maximum atomic E-state index is 14.3. The average Bonchev–Trinajstić information content (AvgIpc) is 3.01. The summed E-state index contributed by atoms with van der Waals surface area (Å²) in [5, 5.41) is 8.65. The number of amides is 3. The summed E-state index contributed by atoms with van der Waals surface area (Å²) in [5.41, 5.74) is 1.28. The Balaban J connectivity index is 2.10. The van der Waals surface area contributed by atoms with E-state index in [2.05, 4.69) is 0 Å². The molecule has 2 rings (SSSR count). The third-order valence-corrected chi connectivity index (χ3v) is 4.89. The number of rotatable bonds is 7. The van der Waals surface area contributed by atoms with Gasteiger partial charge in [0.1, 0.15) is 6.04 Å². The third-order valence-electron chi connectivity index (χ3n) is 4.89. The van der Waals surface area contributed by atoms with E-state index in [-0.39, 0.29) is 12.3 Å². The molecule has 0 aliphatic carbocycles. The van der Waals surface area contributed by atoms with Crippen molar-refractivity contribution in [3.8, 4) is 0 Å². The van der Waals surface area contributed by atoms with Gasteiger partial charge in [-0.25, -0.2) is 9.87 Å². The zero-order valence-corrected chi connectivity index (χ0v) is 14.0. The number of alkyl halides is 1. The van der Waals surface area contributed by atoms with Crippen LogP contribution in [-0.2, 0) is 14.4 Å². The second-order valence-corrected chi connectivity index (χ2v) is 6.50. The van der Waals surface area contributed by atoms with Gasteiger partial charge in [-0.05, 0) is 25.7 Å². The zero-order chi connectivity index (χ0) is 17.7. The second-order valence-electron chi connectivity index (χ2n) is 6.50. The molecule has 2 aliphatic heterocycles. The van der Waals surface area contributed by atoms with Crippen LogP contribution in [-0.4, -0.2) is 64.6 Å². The maximum Gasteiger partial charge on any atom is 0.278 e. The summed E-state index contributed by atoms with van der Waals surface area (Å²) in [6, 6.07) is -0.550. The lowest BCUT2D eigenvalue weighted by molar-refractivity contribution is -0.152. The van der Waals surface area contributed by atoms with Gasteiger partial charge >= 0.3 is 0 Å². The first-order valence-electron chi connectivity index (χ1n) is 8.68. The van der Waals surface area contributed by atoms with E-state index in [9.17, 15) is 18.8 Å². The van der Waals surface area contributed by atoms with Gasteiger partial charge in [-0.3, -0.25) is 19.6 Å². The lowest BCUT2D eigenvalue weighted by Gasteiger charge is -2.36. The minimum absolute atomic E-state index is 0.0802. The highest BCUT2D eigenvalue weighted by Crippen LogP contribution is 2.27. The molecule has 0 radical (unpaired) electrons. The Hall–Kier alpha value is -1.70.